The largest absolute Gasteiger partial charge is 0.481 e. The van der Waals surface area contributed by atoms with Crippen molar-refractivity contribution in [1.29, 1.82) is 0 Å². The first-order chi connectivity index (χ1) is 17.5. The summed E-state index contributed by atoms with van der Waals surface area (Å²) in [6.45, 7) is -0.151. The van der Waals surface area contributed by atoms with Gasteiger partial charge in [-0.05, 0) is 48.2 Å². The number of nitrogens with zero attached hydrogens (tertiary/aromatic N) is 1. The molecule has 5 nitrogen and oxygen atoms in total. The summed E-state index contributed by atoms with van der Waals surface area (Å²) in [5.41, 5.74) is 1.83. The number of para-hydroxylation sites is 1. The molecular formula is C29H30BrFN2O3. The Balaban J connectivity index is 1.61. The minimum absolute atomic E-state index is 0.00413. The lowest BCUT2D eigenvalue weighted by atomic mass is 10.0. The third kappa shape index (κ3) is 7.17. The number of ether oxygens (including phenoxy) is 1. The second kappa shape index (κ2) is 12.7. The lowest BCUT2D eigenvalue weighted by Crippen LogP contribution is -2.53. The molecule has 3 aromatic carbocycles. The zero-order valence-electron chi connectivity index (χ0n) is 20.0. The standard InChI is InChI=1S/C29H30BrFN2O3/c30-23-16-14-22(15-17-23)19-33(28(34)20-36-27-13-7-6-12-25(27)31)26(18-21-8-2-1-3-9-21)29(35)32-24-10-4-5-11-24/h1-3,6-9,12-17,24,26H,4-5,10-11,18-20H2,(H,32,35)/t26-/m1/s1. The zero-order chi connectivity index (χ0) is 25.3. The molecule has 4 rings (SSSR count). The Morgan fingerprint density at radius 1 is 0.944 bits per heavy atom. The van der Waals surface area contributed by atoms with Crippen molar-refractivity contribution in [1.82, 2.24) is 10.2 Å². The molecule has 0 aliphatic heterocycles. The average Bonchev–Trinajstić information content (AvgIpc) is 3.40. The Morgan fingerprint density at radius 3 is 2.31 bits per heavy atom. The predicted molar refractivity (Wildman–Crippen MR) is 141 cm³/mol. The second-order valence-corrected chi connectivity index (χ2v) is 9.98. The van der Waals surface area contributed by atoms with Gasteiger partial charge in [-0.3, -0.25) is 9.59 Å². The second-order valence-electron chi connectivity index (χ2n) is 9.06. The highest BCUT2D eigenvalue weighted by atomic mass is 79.9. The van der Waals surface area contributed by atoms with E-state index in [2.05, 4.69) is 21.2 Å². The quantitative estimate of drug-likeness (QED) is 0.352. The molecule has 0 heterocycles. The topological polar surface area (TPSA) is 58.6 Å². The van der Waals surface area contributed by atoms with Crippen molar-refractivity contribution in [3.05, 3.63) is 100 Å². The fraction of sp³-hybridized carbons (Fsp3) is 0.310. The fourth-order valence-electron chi connectivity index (χ4n) is 4.49. The maximum atomic E-state index is 14.1. The number of hydrogen-bond acceptors (Lipinski definition) is 3. The van der Waals surface area contributed by atoms with Gasteiger partial charge in [-0.1, -0.05) is 83.4 Å². The van der Waals surface area contributed by atoms with Gasteiger partial charge in [-0.15, -0.1) is 0 Å². The lowest BCUT2D eigenvalue weighted by molar-refractivity contribution is -0.143. The molecule has 188 valence electrons. The number of halogens is 2. The van der Waals surface area contributed by atoms with Crippen LogP contribution in [-0.4, -0.2) is 35.4 Å². The van der Waals surface area contributed by atoms with Crippen molar-refractivity contribution < 1.29 is 18.7 Å². The van der Waals surface area contributed by atoms with Gasteiger partial charge in [-0.2, -0.15) is 0 Å². The third-order valence-electron chi connectivity index (χ3n) is 6.43. The zero-order valence-corrected chi connectivity index (χ0v) is 21.6. The van der Waals surface area contributed by atoms with Crippen LogP contribution in [0.4, 0.5) is 4.39 Å². The van der Waals surface area contributed by atoms with Crippen LogP contribution in [0.5, 0.6) is 5.75 Å². The molecule has 0 radical (unpaired) electrons. The van der Waals surface area contributed by atoms with Crippen molar-refractivity contribution in [3.8, 4) is 5.75 Å². The SMILES string of the molecule is O=C(NC1CCCC1)[C@@H](Cc1ccccc1)N(Cc1ccc(Br)cc1)C(=O)COc1ccccc1F. The van der Waals surface area contributed by atoms with E-state index in [9.17, 15) is 14.0 Å². The highest BCUT2D eigenvalue weighted by Crippen LogP contribution is 2.21. The summed E-state index contributed by atoms with van der Waals surface area (Å²) >= 11 is 3.44. The molecule has 1 saturated carbocycles. The van der Waals surface area contributed by atoms with Gasteiger partial charge in [0.2, 0.25) is 5.91 Å². The maximum Gasteiger partial charge on any atom is 0.261 e. The molecular weight excluding hydrogens is 523 g/mol. The number of benzene rings is 3. The number of nitrogens with one attached hydrogen (secondary N) is 1. The first-order valence-corrected chi connectivity index (χ1v) is 13.0. The summed E-state index contributed by atoms with van der Waals surface area (Å²) in [7, 11) is 0. The summed E-state index contributed by atoms with van der Waals surface area (Å²) in [6, 6.07) is 22.7. The van der Waals surface area contributed by atoms with Gasteiger partial charge in [0.05, 0.1) is 0 Å². The summed E-state index contributed by atoms with van der Waals surface area (Å²) in [5.74, 6) is -1.10. The van der Waals surface area contributed by atoms with Crippen LogP contribution in [0, 0.1) is 5.82 Å². The Kier molecular flexibility index (Phi) is 9.11. The van der Waals surface area contributed by atoms with Gasteiger partial charge < -0.3 is 15.0 Å². The Morgan fingerprint density at radius 2 is 1.61 bits per heavy atom. The van der Waals surface area contributed by atoms with Gasteiger partial charge >= 0.3 is 0 Å². The monoisotopic (exact) mass is 552 g/mol. The summed E-state index contributed by atoms with van der Waals surface area (Å²) in [6.07, 6.45) is 4.43. The van der Waals surface area contributed by atoms with Crippen LogP contribution in [0.15, 0.2) is 83.3 Å². The van der Waals surface area contributed by atoms with Crippen LogP contribution in [0.25, 0.3) is 0 Å². The van der Waals surface area contributed by atoms with Crippen molar-refractivity contribution in [2.24, 2.45) is 0 Å². The highest BCUT2D eigenvalue weighted by Gasteiger charge is 2.32. The number of carbonyl (C=O) groups is 2. The van der Waals surface area contributed by atoms with E-state index in [4.69, 9.17) is 4.74 Å². The van der Waals surface area contributed by atoms with Crippen LogP contribution < -0.4 is 10.1 Å². The third-order valence-corrected chi connectivity index (χ3v) is 6.96. The average molecular weight is 553 g/mol. The lowest BCUT2D eigenvalue weighted by Gasteiger charge is -2.32. The van der Waals surface area contributed by atoms with Crippen molar-refractivity contribution in [2.75, 3.05) is 6.61 Å². The van der Waals surface area contributed by atoms with E-state index in [1.54, 1.807) is 17.0 Å². The van der Waals surface area contributed by atoms with E-state index >= 15 is 0 Å². The molecule has 3 aromatic rings. The molecule has 0 spiro atoms. The first kappa shape index (κ1) is 25.9. The van der Waals surface area contributed by atoms with Gasteiger partial charge in [-0.25, -0.2) is 4.39 Å². The molecule has 0 aromatic heterocycles. The minimum atomic E-state index is -0.742. The Hall–Kier alpha value is -3.19. The van der Waals surface area contributed by atoms with Crippen LogP contribution >= 0.6 is 15.9 Å². The summed E-state index contributed by atoms with van der Waals surface area (Å²) in [4.78, 5) is 28.7. The van der Waals surface area contributed by atoms with Crippen molar-refractivity contribution >= 4 is 27.7 Å². The van der Waals surface area contributed by atoms with Crippen molar-refractivity contribution in [3.63, 3.8) is 0 Å². The Bertz CT molecular complexity index is 1150. The first-order valence-electron chi connectivity index (χ1n) is 12.2. The van der Waals surface area contributed by atoms with Gasteiger partial charge in [0.25, 0.3) is 5.91 Å². The number of hydrogen-bond donors (Lipinski definition) is 1. The molecule has 36 heavy (non-hydrogen) atoms. The molecule has 7 heteroatoms. The number of rotatable bonds is 10. The van der Waals surface area contributed by atoms with E-state index < -0.39 is 11.9 Å². The molecule has 1 atom stereocenters. The fourth-order valence-corrected chi connectivity index (χ4v) is 4.76. The summed E-state index contributed by atoms with van der Waals surface area (Å²) in [5, 5.41) is 3.17. The molecule has 0 unspecified atom stereocenters. The molecule has 1 N–H and O–H groups in total. The summed E-state index contributed by atoms with van der Waals surface area (Å²) < 4.78 is 20.6. The van der Waals surface area contributed by atoms with E-state index in [1.165, 1.54) is 12.1 Å². The van der Waals surface area contributed by atoms with E-state index in [0.29, 0.717) is 6.42 Å². The van der Waals surface area contributed by atoms with E-state index in [1.807, 2.05) is 54.6 Å². The van der Waals surface area contributed by atoms with Crippen LogP contribution in [-0.2, 0) is 22.6 Å². The minimum Gasteiger partial charge on any atom is -0.481 e. The van der Waals surface area contributed by atoms with Gasteiger partial charge in [0, 0.05) is 23.5 Å². The van der Waals surface area contributed by atoms with E-state index in [0.717, 1.165) is 41.3 Å². The predicted octanol–water partition coefficient (Wildman–Crippen LogP) is 5.67. The molecule has 2 amide bonds. The maximum absolute atomic E-state index is 14.1. The van der Waals surface area contributed by atoms with Crippen LogP contribution in [0.3, 0.4) is 0 Å². The molecule has 1 fully saturated rings. The Labute approximate surface area is 219 Å². The van der Waals surface area contributed by atoms with Crippen molar-refractivity contribution in [2.45, 2.75) is 50.7 Å². The van der Waals surface area contributed by atoms with Crippen LogP contribution in [0.2, 0.25) is 0 Å². The smallest absolute Gasteiger partial charge is 0.261 e. The normalized spacial score (nSPS) is 14.3. The van der Waals surface area contributed by atoms with Gasteiger partial charge in [0.15, 0.2) is 18.2 Å². The van der Waals surface area contributed by atoms with Crippen LogP contribution in [0.1, 0.15) is 36.8 Å². The highest BCUT2D eigenvalue weighted by molar-refractivity contribution is 9.10. The number of carbonyl (C=O) groups excluding carboxylic acids is 2. The van der Waals surface area contributed by atoms with E-state index in [-0.39, 0.29) is 36.8 Å². The molecule has 1 aliphatic rings. The molecule has 0 saturated heterocycles. The molecule has 1 aliphatic carbocycles. The van der Waals surface area contributed by atoms with Gasteiger partial charge in [0.1, 0.15) is 6.04 Å². The molecule has 0 bridgehead atoms. The number of amides is 2.